The molecule has 0 radical (unpaired) electrons. The second kappa shape index (κ2) is 5.60. The number of aromatic nitrogens is 1. The lowest BCUT2D eigenvalue weighted by molar-refractivity contribution is -0.145. The molecule has 0 saturated carbocycles. The number of carbonyl (C=O) groups is 1. The maximum Gasteiger partial charge on any atom is 0.308 e. The number of fused-ring (bicyclic) bond motifs is 1. The maximum atomic E-state index is 11.3. The van der Waals surface area contributed by atoms with Crippen molar-refractivity contribution >= 4 is 16.9 Å². The third-order valence-corrected chi connectivity index (χ3v) is 2.68. The highest BCUT2D eigenvalue weighted by atomic mass is 16.5. The van der Waals surface area contributed by atoms with Gasteiger partial charge in [0, 0.05) is 11.6 Å². The van der Waals surface area contributed by atoms with Gasteiger partial charge in [-0.25, -0.2) is 0 Å². The number of hydrogen-bond donors (Lipinski definition) is 1. The van der Waals surface area contributed by atoms with E-state index in [4.69, 9.17) is 4.74 Å². The van der Waals surface area contributed by atoms with E-state index in [1.807, 2.05) is 24.3 Å². The van der Waals surface area contributed by atoms with Crippen LogP contribution in [-0.4, -0.2) is 22.7 Å². The molecule has 0 unspecified atom stereocenters. The Hall–Kier alpha value is -1.94. The molecule has 1 aromatic carbocycles. The molecule has 1 heterocycles. The van der Waals surface area contributed by atoms with Gasteiger partial charge >= 0.3 is 5.97 Å². The Morgan fingerprint density at radius 2 is 2.28 bits per heavy atom. The van der Waals surface area contributed by atoms with Gasteiger partial charge in [0.1, 0.15) is 0 Å². The van der Waals surface area contributed by atoms with Crippen LogP contribution in [0.2, 0.25) is 0 Å². The van der Waals surface area contributed by atoms with Crippen LogP contribution in [0.15, 0.2) is 36.5 Å². The fourth-order valence-corrected chi connectivity index (χ4v) is 1.80. The number of nitrogens with zero attached hydrogens (tertiary/aromatic N) is 1. The number of hydrogen-bond acceptors (Lipinski definition) is 4. The number of rotatable bonds is 4. The molecule has 0 saturated heterocycles. The summed E-state index contributed by atoms with van der Waals surface area (Å²) in [4.78, 5) is 15.5. The summed E-state index contributed by atoms with van der Waals surface area (Å²) in [6, 6.07) is 9.21. The number of pyridine rings is 1. The second-order valence-electron chi connectivity index (χ2n) is 3.98. The van der Waals surface area contributed by atoms with Crippen LogP contribution in [0.3, 0.4) is 0 Å². The minimum absolute atomic E-state index is 0.0282. The molecular formula is C14H15NO3. The van der Waals surface area contributed by atoms with Gasteiger partial charge in [0.25, 0.3) is 0 Å². The topological polar surface area (TPSA) is 59.4 Å². The zero-order valence-corrected chi connectivity index (χ0v) is 10.2. The van der Waals surface area contributed by atoms with E-state index in [1.54, 1.807) is 19.2 Å². The zero-order valence-electron chi connectivity index (χ0n) is 10.2. The van der Waals surface area contributed by atoms with Gasteiger partial charge in [0.2, 0.25) is 0 Å². The molecule has 1 N–H and O–H groups in total. The Morgan fingerprint density at radius 1 is 1.44 bits per heavy atom. The predicted octanol–water partition coefficient (Wildman–Crippen LogP) is 2.22. The summed E-state index contributed by atoms with van der Waals surface area (Å²) in [6.45, 7) is 2.07. The molecule has 2 rings (SSSR count). The van der Waals surface area contributed by atoms with E-state index in [1.165, 1.54) is 0 Å². The van der Waals surface area contributed by atoms with Crippen molar-refractivity contribution in [2.24, 2.45) is 0 Å². The van der Waals surface area contributed by atoms with Gasteiger partial charge in [-0.3, -0.25) is 9.78 Å². The van der Waals surface area contributed by atoms with Crippen molar-refractivity contribution in [3.8, 4) is 0 Å². The Morgan fingerprint density at radius 3 is 3.06 bits per heavy atom. The van der Waals surface area contributed by atoms with E-state index in [0.717, 1.165) is 10.9 Å². The quantitative estimate of drug-likeness (QED) is 0.839. The van der Waals surface area contributed by atoms with Crippen molar-refractivity contribution in [2.75, 3.05) is 6.61 Å². The van der Waals surface area contributed by atoms with Crippen molar-refractivity contribution < 1.29 is 14.6 Å². The average molecular weight is 245 g/mol. The van der Waals surface area contributed by atoms with E-state index in [9.17, 15) is 9.90 Å². The summed E-state index contributed by atoms with van der Waals surface area (Å²) in [7, 11) is 0. The number of aliphatic hydroxyl groups excluding tert-OH is 1. The van der Waals surface area contributed by atoms with Gasteiger partial charge in [0.15, 0.2) is 0 Å². The molecule has 0 aliphatic heterocycles. The van der Waals surface area contributed by atoms with Gasteiger partial charge in [-0.1, -0.05) is 12.1 Å². The first-order chi connectivity index (χ1) is 8.70. The van der Waals surface area contributed by atoms with Gasteiger partial charge < -0.3 is 9.84 Å². The predicted molar refractivity (Wildman–Crippen MR) is 68.0 cm³/mol. The summed E-state index contributed by atoms with van der Waals surface area (Å²) >= 11 is 0. The van der Waals surface area contributed by atoms with Crippen LogP contribution in [0.4, 0.5) is 0 Å². The van der Waals surface area contributed by atoms with Crippen molar-refractivity contribution in [1.82, 2.24) is 4.98 Å². The summed E-state index contributed by atoms with van der Waals surface area (Å²) in [6.07, 6.45) is 0.852. The molecular weight excluding hydrogens is 230 g/mol. The van der Waals surface area contributed by atoms with Crippen LogP contribution < -0.4 is 0 Å². The van der Waals surface area contributed by atoms with Crippen LogP contribution in [0, 0.1) is 0 Å². The van der Waals surface area contributed by atoms with Gasteiger partial charge in [0.05, 0.1) is 24.6 Å². The SMILES string of the molecule is CCOC(=O)C[C@H](O)c1ccc2ncccc2c1. The normalized spacial score (nSPS) is 12.3. The van der Waals surface area contributed by atoms with Crippen LogP contribution >= 0.6 is 0 Å². The monoisotopic (exact) mass is 245 g/mol. The summed E-state index contributed by atoms with van der Waals surface area (Å²) in [5, 5.41) is 10.9. The Bertz CT molecular complexity index is 553. The first-order valence-corrected chi connectivity index (χ1v) is 5.89. The van der Waals surface area contributed by atoms with Crippen LogP contribution in [0.1, 0.15) is 25.0 Å². The molecule has 4 nitrogen and oxygen atoms in total. The van der Waals surface area contributed by atoms with Gasteiger partial charge in [-0.05, 0) is 30.7 Å². The molecule has 1 atom stereocenters. The first kappa shape index (κ1) is 12.5. The molecule has 0 aliphatic rings. The Balaban J connectivity index is 2.17. The smallest absolute Gasteiger partial charge is 0.308 e. The highest BCUT2D eigenvalue weighted by Crippen LogP contribution is 2.21. The van der Waals surface area contributed by atoms with Crippen LogP contribution in [-0.2, 0) is 9.53 Å². The number of ether oxygens (including phenoxy) is 1. The minimum atomic E-state index is -0.839. The first-order valence-electron chi connectivity index (χ1n) is 5.89. The lowest BCUT2D eigenvalue weighted by atomic mass is 10.0. The van der Waals surface area contributed by atoms with Crippen molar-refractivity contribution in [3.63, 3.8) is 0 Å². The Labute approximate surface area is 105 Å². The van der Waals surface area contributed by atoms with Crippen LogP contribution in [0.25, 0.3) is 10.9 Å². The van der Waals surface area contributed by atoms with Crippen molar-refractivity contribution in [1.29, 1.82) is 0 Å². The third-order valence-electron chi connectivity index (χ3n) is 2.68. The van der Waals surface area contributed by atoms with E-state index in [0.29, 0.717) is 12.2 Å². The van der Waals surface area contributed by atoms with Crippen molar-refractivity contribution in [2.45, 2.75) is 19.4 Å². The molecule has 0 fully saturated rings. The molecule has 0 bridgehead atoms. The number of carbonyl (C=O) groups excluding carboxylic acids is 1. The molecule has 18 heavy (non-hydrogen) atoms. The molecule has 2 aromatic rings. The fourth-order valence-electron chi connectivity index (χ4n) is 1.80. The highest BCUT2D eigenvalue weighted by molar-refractivity contribution is 5.79. The summed E-state index contributed by atoms with van der Waals surface area (Å²) in [5.74, 6) is -0.392. The van der Waals surface area contributed by atoms with E-state index >= 15 is 0 Å². The van der Waals surface area contributed by atoms with E-state index in [-0.39, 0.29) is 6.42 Å². The standard InChI is InChI=1S/C14H15NO3/c1-2-18-14(17)9-13(16)11-5-6-12-10(8-11)4-3-7-15-12/h3-8,13,16H,2,9H2,1H3/t13-/m0/s1. The minimum Gasteiger partial charge on any atom is -0.466 e. The molecule has 0 spiro atoms. The van der Waals surface area contributed by atoms with E-state index < -0.39 is 12.1 Å². The van der Waals surface area contributed by atoms with Crippen LogP contribution in [0.5, 0.6) is 0 Å². The molecule has 0 amide bonds. The van der Waals surface area contributed by atoms with Gasteiger partial charge in [-0.15, -0.1) is 0 Å². The van der Waals surface area contributed by atoms with E-state index in [2.05, 4.69) is 4.98 Å². The largest absolute Gasteiger partial charge is 0.466 e. The maximum absolute atomic E-state index is 11.3. The lowest BCUT2D eigenvalue weighted by Gasteiger charge is -2.10. The zero-order chi connectivity index (χ0) is 13.0. The lowest BCUT2D eigenvalue weighted by Crippen LogP contribution is -2.10. The summed E-state index contributed by atoms with van der Waals surface area (Å²) in [5.41, 5.74) is 1.56. The number of esters is 1. The average Bonchev–Trinajstić information content (AvgIpc) is 2.38. The molecule has 4 heteroatoms. The van der Waals surface area contributed by atoms with Crippen molar-refractivity contribution in [3.05, 3.63) is 42.1 Å². The molecule has 1 aromatic heterocycles. The highest BCUT2D eigenvalue weighted by Gasteiger charge is 2.14. The molecule has 94 valence electrons. The number of aliphatic hydroxyl groups is 1. The Kier molecular flexibility index (Phi) is 3.89. The number of benzene rings is 1. The molecule has 0 aliphatic carbocycles. The third kappa shape index (κ3) is 2.84. The fraction of sp³-hybridized carbons (Fsp3) is 0.286. The summed E-state index contributed by atoms with van der Waals surface area (Å²) < 4.78 is 4.81. The second-order valence-corrected chi connectivity index (χ2v) is 3.98. The van der Waals surface area contributed by atoms with Gasteiger partial charge in [-0.2, -0.15) is 0 Å².